The molecule has 7 nitrogen and oxygen atoms in total. The number of ether oxygens (including phenoxy) is 1. The summed E-state index contributed by atoms with van der Waals surface area (Å²) in [4.78, 5) is 29.4. The number of benzene rings is 2. The molecule has 3 heterocycles. The van der Waals surface area contributed by atoms with Gasteiger partial charge in [-0.3, -0.25) is 9.59 Å². The van der Waals surface area contributed by atoms with Gasteiger partial charge in [-0.25, -0.2) is 9.49 Å². The molecule has 2 fully saturated rings. The van der Waals surface area contributed by atoms with Gasteiger partial charge in [0, 0.05) is 51.6 Å². The Morgan fingerprint density at radius 2 is 1.85 bits per heavy atom. The predicted octanol–water partition coefficient (Wildman–Crippen LogP) is 2.30. The maximum Gasteiger partial charge on any atom is 0.272 e. The van der Waals surface area contributed by atoms with Crippen molar-refractivity contribution in [3.63, 3.8) is 0 Å². The number of carbonyl (C=O) groups is 1. The van der Waals surface area contributed by atoms with E-state index in [2.05, 4.69) is 15.1 Å². The van der Waals surface area contributed by atoms with E-state index in [1.165, 1.54) is 6.07 Å². The summed E-state index contributed by atoms with van der Waals surface area (Å²) < 4.78 is 19.8. The summed E-state index contributed by atoms with van der Waals surface area (Å²) in [7, 11) is 1.70. The zero-order chi connectivity index (χ0) is 22.9. The van der Waals surface area contributed by atoms with E-state index in [9.17, 15) is 14.0 Å². The van der Waals surface area contributed by atoms with Gasteiger partial charge in [-0.05, 0) is 35.6 Å². The Hall–Kier alpha value is -3.10. The standard InChI is InChI=1S/C25H27FN4O3/c1-33-9-8-29-12-17-14-30(15-18(17)13-29)25(32)21-10-16(6-7-22(21)26)11-23-19-4-2-3-5-20(19)24(31)28-27-23/h2-7,10,17-18H,8-9,11-15H2,1H3,(H,28,31). The van der Waals surface area contributed by atoms with Crippen LogP contribution >= 0.6 is 0 Å². The van der Waals surface area contributed by atoms with Crippen LogP contribution in [0.3, 0.4) is 0 Å². The van der Waals surface area contributed by atoms with Crippen LogP contribution in [0.25, 0.3) is 10.8 Å². The molecular formula is C25H27FN4O3. The highest BCUT2D eigenvalue weighted by Gasteiger charge is 2.41. The highest BCUT2D eigenvalue weighted by molar-refractivity contribution is 5.95. The first-order valence-corrected chi connectivity index (χ1v) is 11.3. The molecule has 33 heavy (non-hydrogen) atoms. The third kappa shape index (κ3) is 4.28. The quantitative estimate of drug-likeness (QED) is 0.624. The summed E-state index contributed by atoms with van der Waals surface area (Å²) in [5.74, 6) is 0.0795. The molecular weight excluding hydrogens is 423 g/mol. The number of hydrogen-bond acceptors (Lipinski definition) is 5. The number of hydrogen-bond donors (Lipinski definition) is 1. The summed E-state index contributed by atoms with van der Waals surface area (Å²) in [6.07, 6.45) is 0.386. The summed E-state index contributed by atoms with van der Waals surface area (Å²) in [6, 6.07) is 11.9. The van der Waals surface area contributed by atoms with E-state index >= 15 is 0 Å². The predicted molar refractivity (Wildman–Crippen MR) is 123 cm³/mol. The van der Waals surface area contributed by atoms with Crippen molar-refractivity contribution in [2.75, 3.05) is 46.4 Å². The zero-order valence-electron chi connectivity index (χ0n) is 18.6. The van der Waals surface area contributed by atoms with Crippen molar-refractivity contribution >= 4 is 16.7 Å². The largest absolute Gasteiger partial charge is 0.383 e. The Morgan fingerprint density at radius 3 is 2.58 bits per heavy atom. The molecule has 2 aromatic carbocycles. The third-order valence-corrected chi connectivity index (χ3v) is 6.87. The molecule has 3 aromatic rings. The first-order valence-electron chi connectivity index (χ1n) is 11.3. The molecule has 2 unspecified atom stereocenters. The third-order valence-electron chi connectivity index (χ3n) is 6.87. The highest BCUT2D eigenvalue weighted by atomic mass is 19.1. The molecule has 0 bridgehead atoms. The number of likely N-dealkylation sites (tertiary alicyclic amines) is 2. The van der Waals surface area contributed by atoms with Gasteiger partial charge in [-0.1, -0.05) is 24.3 Å². The topological polar surface area (TPSA) is 78.5 Å². The van der Waals surface area contributed by atoms with E-state index in [0.29, 0.717) is 49.0 Å². The number of halogens is 1. The molecule has 5 rings (SSSR count). The number of methoxy groups -OCH3 is 1. The minimum atomic E-state index is -0.512. The normalized spacial score (nSPS) is 20.5. The molecule has 1 aromatic heterocycles. The van der Waals surface area contributed by atoms with Gasteiger partial charge in [0.1, 0.15) is 5.82 Å². The highest BCUT2D eigenvalue weighted by Crippen LogP contribution is 2.32. The van der Waals surface area contributed by atoms with E-state index in [-0.39, 0.29) is 17.0 Å². The number of rotatable bonds is 6. The maximum atomic E-state index is 14.7. The van der Waals surface area contributed by atoms with E-state index in [1.807, 2.05) is 12.1 Å². The van der Waals surface area contributed by atoms with Gasteiger partial charge in [0.2, 0.25) is 0 Å². The Balaban J connectivity index is 1.33. The fourth-order valence-corrected chi connectivity index (χ4v) is 5.18. The summed E-state index contributed by atoms with van der Waals surface area (Å²) in [6.45, 7) is 4.82. The number of aromatic nitrogens is 2. The number of fused-ring (bicyclic) bond motifs is 2. The van der Waals surface area contributed by atoms with Crippen LogP contribution in [0.1, 0.15) is 21.6 Å². The van der Waals surface area contributed by atoms with Crippen molar-refractivity contribution in [3.8, 4) is 0 Å². The monoisotopic (exact) mass is 450 g/mol. The molecule has 0 aliphatic carbocycles. The van der Waals surface area contributed by atoms with E-state index in [0.717, 1.165) is 30.6 Å². The molecule has 0 saturated carbocycles. The molecule has 2 atom stereocenters. The van der Waals surface area contributed by atoms with Crippen molar-refractivity contribution in [1.29, 1.82) is 0 Å². The molecule has 2 aliphatic heterocycles. The molecule has 172 valence electrons. The van der Waals surface area contributed by atoms with Gasteiger partial charge >= 0.3 is 0 Å². The lowest BCUT2D eigenvalue weighted by atomic mass is 10.0. The van der Waals surface area contributed by atoms with Crippen LogP contribution in [0, 0.1) is 17.7 Å². The Kier molecular flexibility index (Phi) is 5.95. The van der Waals surface area contributed by atoms with Crippen molar-refractivity contribution in [3.05, 3.63) is 75.5 Å². The lowest BCUT2D eigenvalue weighted by Crippen LogP contribution is -2.34. The maximum absolute atomic E-state index is 14.7. The SMILES string of the molecule is COCCN1CC2CN(C(=O)c3cc(Cc4n[nH]c(=O)c5ccccc45)ccc3F)CC2C1. The average Bonchev–Trinajstić information content (AvgIpc) is 3.39. The number of aromatic amines is 1. The van der Waals surface area contributed by atoms with Crippen LogP contribution in [0.15, 0.2) is 47.3 Å². The number of H-pyrrole nitrogens is 1. The zero-order valence-corrected chi connectivity index (χ0v) is 18.6. The van der Waals surface area contributed by atoms with Crippen LogP contribution in [0.4, 0.5) is 4.39 Å². The minimum Gasteiger partial charge on any atom is -0.383 e. The van der Waals surface area contributed by atoms with Gasteiger partial charge in [0.15, 0.2) is 0 Å². The van der Waals surface area contributed by atoms with E-state index < -0.39 is 5.82 Å². The average molecular weight is 451 g/mol. The van der Waals surface area contributed by atoms with Crippen molar-refractivity contribution in [1.82, 2.24) is 20.0 Å². The summed E-state index contributed by atoms with van der Waals surface area (Å²) in [5, 5.41) is 8.04. The van der Waals surface area contributed by atoms with Gasteiger partial charge < -0.3 is 14.5 Å². The molecule has 2 saturated heterocycles. The molecule has 1 N–H and O–H groups in total. The number of nitrogens with one attached hydrogen (secondary N) is 1. The second-order valence-corrected chi connectivity index (χ2v) is 9.02. The molecule has 0 radical (unpaired) electrons. The lowest BCUT2D eigenvalue weighted by molar-refractivity contribution is 0.0765. The molecule has 1 amide bonds. The lowest BCUT2D eigenvalue weighted by Gasteiger charge is -2.22. The molecule has 2 aliphatic rings. The van der Waals surface area contributed by atoms with Crippen LogP contribution in [-0.4, -0.2) is 72.3 Å². The molecule has 8 heteroatoms. The Labute approximate surface area is 191 Å². The van der Waals surface area contributed by atoms with Gasteiger partial charge in [-0.15, -0.1) is 0 Å². The fraction of sp³-hybridized carbons (Fsp3) is 0.400. The van der Waals surface area contributed by atoms with E-state index in [4.69, 9.17) is 4.74 Å². The van der Waals surface area contributed by atoms with Crippen LogP contribution < -0.4 is 5.56 Å². The first-order chi connectivity index (χ1) is 16.0. The second-order valence-electron chi connectivity index (χ2n) is 9.02. The van der Waals surface area contributed by atoms with Crippen LogP contribution in [0.5, 0.6) is 0 Å². The minimum absolute atomic E-state index is 0.0949. The van der Waals surface area contributed by atoms with Crippen molar-refractivity contribution in [2.24, 2.45) is 11.8 Å². The van der Waals surface area contributed by atoms with Crippen molar-refractivity contribution < 1.29 is 13.9 Å². The summed E-state index contributed by atoms with van der Waals surface area (Å²) >= 11 is 0. The van der Waals surface area contributed by atoms with Crippen LogP contribution in [-0.2, 0) is 11.2 Å². The van der Waals surface area contributed by atoms with E-state index in [1.54, 1.807) is 36.3 Å². The van der Waals surface area contributed by atoms with Gasteiger partial charge in [0.25, 0.3) is 11.5 Å². The van der Waals surface area contributed by atoms with Crippen LogP contribution in [0.2, 0.25) is 0 Å². The van der Waals surface area contributed by atoms with Gasteiger partial charge in [0.05, 0.1) is 23.3 Å². The number of nitrogens with zero attached hydrogens (tertiary/aromatic N) is 3. The summed E-state index contributed by atoms with van der Waals surface area (Å²) in [5.41, 5.74) is 1.30. The number of amides is 1. The second kappa shape index (κ2) is 9.03. The first kappa shape index (κ1) is 21.7. The van der Waals surface area contributed by atoms with Gasteiger partial charge in [-0.2, -0.15) is 5.10 Å². The number of carbonyl (C=O) groups excluding carboxylic acids is 1. The smallest absolute Gasteiger partial charge is 0.272 e. The fourth-order valence-electron chi connectivity index (χ4n) is 5.18. The van der Waals surface area contributed by atoms with Crippen molar-refractivity contribution in [2.45, 2.75) is 6.42 Å². The Bertz CT molecular complexity index is 1230. The Morgan fingerprint density at radius 1 is 1.12 bits per heavy atom. The molecule has 0 spiro atoms.